The van der Waals surface area contributed by atoms with Crippen molar-refractivity contribution < 1.29 is 9.53 Å². The number of amides is 1. The van der Waals surface area contributed by atoms with Crippen molar-refractivity contribution in [3.05, 3.63) is 12.4 Å². The van der Waals surface area contributed by atoms with Crippen LogP contribution in [-0.2, 0) is 7.05 Å². The van der Waals surface area contributed by atoms with E-state index in [1.807, 2.05) is 6.92 Å². The summed E-state index contributed by atoms with van der Waals surface area (Å²) in [5.41, 5.74) is 0. The number of hydrogen-bond acceptors (Lipinski definition) is 3. The van der Waals surface area contributed by atoms with E-state index in [0.717, 1.165) is 0 Å². The van der Waals surface area contributed by atoms with Crippen LogP contribution in [0.1, 0.15) is 6.92 Å². The first-order valence-electron chi connectivity index (χ1n) is 3.66. The number of nitrogens with zero attached hydrogens (tertiary/aromatic N) is 2. The fourth-order valence-electron chi connectivity index (χ4n) is 0.739. The minimum Gasteiger partial charge on any atom is -0.407 e. The summed E-state index contributed by atoms with van der Waals surface area (Å²) in [5, 5.41) is 6.35. The molecule has 0 aliphatic rings. The Morgan fingerprint density at radius 3 is 3.08 bits per heavy atom. The van der Waals surface area contributed by atoms with E-state index in [2.05, 4.69) is 10.4 Å². The van der Waals surface area contributed by atoms with Crippen molar-refractivity contribution in [3.63, 3.8) is 0 Å². The molecule has 5 heteroatoms. The van der Waals surface area contributed by atoms with Gasteiger partial charge in [-0.05, 0) is 6.92 Å². The largest absolute Gasteiger partial charge is 0.412 e. The van der Waals surface area contributed by atoms with Crippen LogP contribution >= 0.6 is 0 Å². The summed E-state index contributed by atoms with van der Waals surface area (Å²) in [6.07, 6.45) is 2.65. The third-order valence-corrected chi connectivity index (χ3v) is 1.21. The smallest absolute Gasteiger partial charge is 0.407 e. The van der Waals surface area contributed by atoms with Crippen LogP contribution in [0.3, 0.4) is 0 Å². The molecule has 1 rings (SSSR count). The van der Waals surface area contributed by atoms with Crippen molar-refractivity contribution >= 4 is 6.09 Å². The number of nitrogens with one attached hydrogen (secondary N) is 1. The average Bonchev–Trinajstić information content (AvgIpc) is 2.36. The van der Waals surface area contributed by atoms with Crippen LogP contribution in [0.4, 0.5) is 4.79 Å². The predicted octanol–water partition coefficient (Wildman–Crippen LogP) is 0.528. The van der Waals surface area contributed by atoms with Gasteiger partial charge in [0.25, 0.3) is 0 Å². The van der Waals surface area contributed by atoms with E-state index in [0.29, 0.717) is 12.3 Å². The summed E-state index contributed by atoms with van der Waals surface area (Å²) in [6.45, 7) is 2.38. The second-order valence-electron chi connectivity index (χ2n) is 2.27. The molecule has 12 heavy (non-hydrogen) atoms. The normalized spacial score (nSPS) is 9.50. The number of ether oxygens (including phenoxy) is 1. The first-order chi connectivity index (χ1) is 5.72. The molecule has 1 heterocycles. The van der Waals surface area contributed by atoms with E-state index >= 15 is 0 Å². The standard InChI is InChI=1S/C7H11N3O2/c1-3-8-7(11)12-6-4-9-10(2)5-6/h4-5H,3H2,1-2H3,(H,8,11). The van der Waals surface area contributed by atoms with Crippen molar-refractivity contribution in [3.8, 4) is 5.75 Å². The molecule has 0 radical (unpaired) electrons. The maximum atomic E-state index is 10.9. The van der Waals surface area contributed by atoms with Crippen LogP contribution in [-0.4, -0.2) is 22.4 Å². The van der Waals surface area contributed by atoms with Gasteiger partial charge in [0.1, 0.15) is 0 Å². The molecular formula is C7H11N3O2. The molecule has 1 amide bonds. The molecule has 0 saturated carbocycles. The van der Waals surface area contributed by atoms with Gasteiger partial charge in [0.2, 0.25) is 0 Å². The summed E-state index contributed by atoms with van der Waals surface area (Å²) in [7, 11) is 1.75. The van der Waals surface area contributed by atoms with E-state index in [-0.39, 0.29) is 0 Å². The number of carbonyl (C=O) groups is 1. The van der Waals surface area contributed by atoms with Gasteiger partial charge in [-0.2, -0.15) is 5.10 Å². The van der Waals surface area contributed by atoms with Gasteiger partial charge in [-0.1, -0.05) is 0 Å². The zero-order chi connectivity index (χ0) is 8.97. The average molecular weight is 169 g/mol. The Kier molecular flexibility index (Phi) is 2.68. The van der Waals surface area contributed by atoms with E-state index in [9.17, 15) is 4.79 Å². The third-order valence-electron chi connectivity index (χ3n) is 1.21. The highest BCUT2D eigenvalue weighted by Crippen LogP contribution is 2.06. The minimum absolute atomic E-state index is 0.448. The second kappa shape index (κ2) is 3.75. The lowest BCUT2D eigenvalue weighted by molar-refractivity contribution is 0.201. The molecule has 0 bridgehead atoms. The lowest BCUT2D eigenvalue weighted by Gasteiger charge is -2.00. The van der Waals surface area contributed by atoms with Gasteiger partial charge >= 0.3 is 6.09 Å². The van der Waals surface area contributed by atoms with E-state index in [1.54, 1.807) is 17.9 Å². The van der Waals surface area contributed by atoms with Crippen molar-refractivity contribution in [1.82, 2.24) is 15.1 Å². The molecule has 66 valence electrons. The highest BCUT2D eigenvalue weighted by molar-refractivity contribution is 5.69. The first kappa shape index (κ1) is 8.58. The molecule has 0 fully saturated rings. The molecule has 1 N–H and O–H groups in total. The van der Waals surface area contributed by atoms with Crippen molar-refractivity contribution in [2.24, 2.45) is 7.05 Å². The van der Waals surface area contributed by atoms with Crippen LogP contribution in [0.15, 0.2) is 12.4 Å². The SMILES string of the molecule is CCNC(=O)Oc1cnn(C)c1. The fourth-order valence-corrected chi connectivity index (χ4v) is 0.739. The van der Waals surface area contributed by atoms with Crippen molar-refractivity contribution in [2.45, 2.75) is 6.92 Å². The zero-order valence-electron chi connectivity index (χ0n) is 7.07. The molecule has 1 aromatic rings. The van der Waals surface area contributed by atoms with Crippen molar-refractivity contribution in [2.75, 3.05) is 6.54 Å². The molecule has 5 nitrogen and oxygen atoms in total. The Labute approximate surface area is 70.3 Å². The number of rotatable bonds is 2. The van der Waals surface area contributed by atoms with Crippen LogP contribution in [0, 0.1) is 0 Å². The highest BCUT2D eigenvalue weighted by atomic mass is 16.6. The Balaban J connectivity index is 2.46. The predicted molar refractivity (Wildman–Crippen MR) is 42.9 cm³/mol. The van der Waals surface area contributed by atoms with Crippen molar-refractivity contribution in [1.29, 1.82) is 0 Å². The van der Waals surface area contributed by atoms with Gasteiger partial charge in [-0.3, -0.25) is 4.68 Å². The zero-order valence-corrected chi connectivity index (χ0v) is 7.07. The topological polar surface area (TPSA) is 56.1 Å². The van der Waals surface area contributed by atoms with Crippen LogP contribution in [0.25, 0.3) is 0 Å². The molecule has 0 aliphatic heterocycles. The van der Waals surface area contributed by atoms with Crippen LogP contribution < -0.4 is 10.1 Å². The van der Waals surface area contributed by atoms with Gasteiger partial charge in [-0.15, -0.1) is 0 Å². The Morgan fingerprint density at radius 1 is 1.83 bits per heavy atom. The summed E-state index contributed by atoms with van der Waals surface area (Å²) in [6, 6.07) is 0. The van der Waals surface area contributed by atoms with Gasteiger partial charge in [-0.25, -0.2) is 4.79 Å². The van der Waals surface area contributed by atoms with Crippen LogP contribution in [0.2, 0.25) is 0 Å². The monoisotopic (exact) mass is 169 g/mol. The van der Waals surface area contributed by atoms with Gasteiger partial charge in [0.05, 0.1) is 12.4 Å². The number of hydrogen-bond donors (Lipinski definition) is 1. The quantitative estimate of drug-likeness (QED) is 0.702. The summed E-state index contributed by atoms with van der Waals surface area (Å²) in [5.74, 6) is 0.448. The Bertz CT molecular complexity index is 269. The second-order valence-corrected chi connectivity index (χ2v) is 2.27. The van der Waals surface area contributed by atoms with E-state index in [4.69, 9.17) is 4.74 Å². The molecule has 0 saturated heterocycles. The molecule has 0 aliphatic carbocycles. The number of aromatic nitrogens is 2. The maximum absolute atomic E-state index is 10.9. The minimum atomic E-state index is -0.453. The van der Waals surface area contributed by atoms with Gasteiger partial charge < -0.3 is 10.1 Å². The van der Waals surface area contributed by atoms with E-state index < -0.39 is 6.09 Å². The molecule has 1 aromatic heterocycles. The molecule has 0 unspecified atom stereocenters. The lowest BCUT2D eigenvalue weighted by Crippen LogP contribution is -2.26. The summed E-state index contributed by atoms with van der Waals surface area (Å²) >= 11 is 0. The third kappa shape index (κ3) is 2.26. The lowest BCUT2D eigenvalue weighted by atomic mass is 10.6. The number of carbonyl (C=O) groups excluding carboxylic acids is 1. The highest BCUT2D eigenvalue weighted by Gasteiger charge is 2.02. The van der Waals surface area contributed by atoms with E-state index in [1.165, 1.54) is 6.20 Å². The summed E-state index contributed by atoms with van der Waals surface area (Å²) < 4.78 is 6.41. The molecular weight excluding hydrogens is 158 g/mol. The molecule has 0 aromatic carbocycles. The summed E-state index contributed by atoms with van der Waals surface area (Å²) in [4.78, 5) is 10.9. The Hall–Kier alpha value is -1.52. The first-order valence-corrected chi connectivity index (χ1v) is 3.66. The van der Waals surface area contributed by atoms with Crippen LogP contribution in [0.5, 0.6) is 5.75 Å². The Morgan fingerprint density at radius 2 is 2.58 bits per heavy atom. The number of aryl methyl sites for hydroxylation is 1. The maximum Gasteiger partial charge on any atom is 0.412 e. The fraction of sp³-hybridized carbons (Fsp3) is 0.429. The van der Waals surface area contributed by atoms with Gasteiger partial charge in [0.15, 0.2) is 5.75 Å². The molecule has 0 spiro atoms. The molecule has 0 atom stereocenters. The van der Waals surface area contributed by atoms with Gasteiger partial charge in [0, 0.05) is 13.6 Å².